The summed E-state index contributed by atoms with van der Waals surface area (Å²) in [4.78, 5) is 16.6. The number of aromatic nitrogens is 1. The van der Waals surface area contributed by atoms with Crippen LogP contribution in [0.5, 0.6) is 0 Å². The molecule has 20 heavy (non-hydrogen) atoms. The summed E-state index contributed by atoms with van der Waals surface area (Å²) >= 11 is 3.38. The highest BCUT2D eigenvalue weighted by Gasteiger charge is 2.11. The lowest BCUT2D eigenvalue weighted by atomic mass is 10.1. The van der Waals surface area contributed by atoms with Crippen molar-refractivity contribution in [3.8, 4) is 0 Å². The molecule has 1 amide bonds. The van der Waals surface area contributed by atoms with Gasteiger partial charge in [-0.25, -0.2) is 0 Å². The lowest BCUT2D eigenvalue weighted by Crippen LogP contribution is -2.14. The molecule has 1 heterocycles. The third-order valence-electron chi connectivity index (χ3n) is 2.97. The maximum atomic E-state index is 12.4. The van der Waals surface area contributed by atoms with Gasteiger partial charge in [0.05, 0.1) is 0 Å². The zero-order chi connectivity index (χ0) is 13.9. The number of rotatable bonds is 2. The Bertz CT molecular complexity index is 781. The molecule has 0 fully saturated rings. The number of amides is 1. The highest BCUT2D eigenvalue weighted by atomic mass is 79.9. The summed E-state index contributed by atoms with van der Waals surface area (Å²) in [7, 11) is 0. The molecule has 0 saturated carbocycles. The standard InChI is InChI=1S/C16H11BrN2O/c17-12-5-3-6-13(10-12)19-16(20)15-14-7-2-1-4-11(14)8-9-18-15/h1-10H,(H,19,20). The summed E-state index contributed by atoms with van der Waals surface area (Å²) in [5.74, 6) is -0.208. The highest BCUT2D eigenvalue weighted by molar-refractivity contribution is 9.10. The van der Waals surface area contributed by atoms with Crippen LogP contribution in [0.1, 0.15) is 10.5 Å². The van der Waals surface area contributed by atoms with Gasteiger partial charge in [0, 0.05) is 21.7 Å². The number of halogens is 1. The molecular weight excluding hydrogens is 316 g/mol. The Kier molecular flexibility index (Phi) is 3.48. The van der Waals surface area contributed by atoms with Crippen LogP contribution >= 0.6 is 15.9 Å². The van der Waals surface area contributed by atoms with Gasteiger partial charge in [0.1, 0.15) is 5.69 Å². The monoisotopic (exact) mass is 326 g/mol. The fourth-order valence-electron chi connectivity index (χ4n) is 2.06. The summed E-state index contributed by atoms with van der Waals surface area (Å²) in [5, 5.41) is 4.71. The maximum absolute atomic E-state index is 12.4. The first kappa shape index (κ1) is 12.8. The van der Waals surface area contributed by atoms with Gasteiger partial charge in [-0.05, 0) is 29.7 Å². The molecule has 0 aliphatic heterocycles. The molecule has 0 radical (unpaired) electrons. The average Bonchev–Trinajstić information content (AvgIpc) is 2.46. The van der Waals surface area contributed by atoms with Crippen LogP contribution in [0.15, 0.2) is 65.3 Å². The predicted molar refractivity (Wildman–Crippen MR) is 83.8 cm³/mol. The van der Waals surface area contributed by atoms with E-state index in [1.165, 1.54) is 0 Å². The first-order valence-electron chi connectivity index (χ1n) is 6.15. The number of pyridine rings is 1. The number of carbonyl (C=O) groups is 1. The third-order valence-corrected chi connectivity index (χ3v) is 3.46. The largest absolute Gasteiger partial charge is 0.321 e. The van der Waals surface area contributed by atoms with E-state index in [0.29, 0.717) is 5.69 Å². The molecule has 0 aliphatic rings. The molecule has 2 aromatic carbocycles. The predicted octanol–water partition coefficient (Wildman–Crippen LogP) is 4.25. The minimum absolute atomic E-state index is 0.208. The van der Waals surface area contributed by atoms with Gasteiger partial charge in [0.15, 0.2) is 0 Å². The number of nitrogens with zero attached hydrogens (tertiary/aromatic N) is 1. The molecule has 0 unspecified atom stereocenters. The second-order valence-corrected chi connectivity index (χ2v) is 5.26. The summed E-state index contributed by atoms with van der Waals surface area (Å²) in [5.41, 5.74) is 1.17. The molecule has 1 aromatic heterocycles. The van der Waals surface area contributed by atoms with Gasteiger partial charge in [-0.15, -0.1) is 0 Å². The Balaban J connectivity index is 1.97. The minimum atomic E-state index is -0.208. The van der Waals surface area contributed by atoms with Crippen molar-refractivity contribution < 1.29 is 4.79 Å². The summed E-state index contributed by atoms with van der Waals surface area (Å²) in [6, 6.07) is 17.1. The van der Waals surface area contributed by atoms with E-state index in [2.05, 4.69) is 26.2 Å². The van der Waals surface area contributed by atoms with Crippen LogP contribution < -0.4 is 5.32 Å². The van der Waals surface area contributed by atoms with E-state index < -0.39 is 0 Å². The Hall–Kier alpha value is -2.20. The van der Waals surface area contributed by atoms with Crippen molar-refractivity contribution in [1.29, 1.82) is 0 Å². The van der Waals surface area contributed by atoms with E-state index >= 15 is 0 Å². The molecule has 1 N–H and O–H groups in total. The smallest absolute Gasteiger partial charge is 0.274 e. The zero-order valence-corrected chi connectivity index (χ0v) is 12.1. The van der Waals surface area contributed by atoms with Crippen molar-refractivity contribution >= 4 is 38.3 Å². The SMILES string of the molecule is O=C(Nc1cccc(Br)c1)c1nccc2ccccc12. The quantitative estimate of drug-likeness (QED) is 0.764. The molecular formula is C16H11BrN2O. The van der Waals surface area contributed by atoms with Gasteiger partial charge in [-0.1, -0.05) is 46.3 Å². The van der Waals surface area contributed by atoms with E-state index in [1.54, 1.807) is 6.20 Å². The molecule has 3 aromatic rings. The molecule has 3 rings (SSSR count). The normalized spacial score (nSPS) is 10.4. The van der Waals surface area contributed by atoms with Gasteiger partial charge < -0.3 is 5.32 Å². The van der Waals surface area contributed by atoms with Gasteiger partial charge in [0.2, 0.25) is 0 Å². The van der Waals surface area contributed by atoms with E-state index in [4.69, 9.17) is 0 Å². The number of nitrogens with one attached hydrogen (secondary N) is 1. The van der Waals surface area contributed by atoms with Crippen molar-refractivity contribution in [2.24, 2.45) is 0 Å². The second-order valence-electron chi connectivity index (χ2n) is 4.35. The summed E-state index contributed by atoms with van der Waals surface area (Å²) in [6.45, 7) is 0. The lowest BCUT2D eigenvalue weighted by molar-refractivity contribution is 0.102. The van der Waals surface area contributed by atoms with Crippen molar-refractivity contribution in [3.63, 3.8) is 0 Å². The molecule has 0 saturated heterocycles. The van der Waals surface area contributed by atoms with E-state index in [-0.39, 0.29) is 5.91 Å². The molecule has 0 spiro atoms. The maximum Gasteiger partial charge on any atom is 0.274 e. The lowest BCUT2D eigenvalue weighted by Gasteiger charge is -2.07. The van der Waals surface area contributed by atoms with Crippen LogP contribution in [0.4, 0.5) is 5.69 Å². The van der Waals surface area contributed by atoms with Crippen LogP contribution in [0.25, 0.3) is 10.8 Å². The molecule has 98 valence electrons. The molecule has 0 aliphatic carbocycles. The van der Waals surface area contributed by atoms with Crippen LogP contribution in [-0.2, 0) is 0 Å². The first-order chi connectivity index (χ1) is 9.74. The third kappa shape index (κ3) is 2.56. The number of carbonyl (C=O) groups excluding carboxylic acids is 1. The van der Waals surface area contributed by atoms with E-state index in [0.717, 1.165) is 20.9 Å². The fourth-order valence-corrected chi connectivity index (χ4v) is 2.46. The zero-order valence-electron chi connectivity index (χ0n) is 10.5. The first-order valence-corrected chi connectivity index (χ1v) is 6.94. The second kappa shape index (κ2) is 5.43. The average molecular weight is 327 g/mol. The van der Waals surface area contributed by atoms with E-state index in [1.807, 2.05) is 54.6 Å². The van der Waals surface area contributed by atoms with Gasteiger partial charge >= 0.3 is 0 Å². The number of benzene rings is 2. The number of fused-ring (bicyclic) bond motifs is 1. The molecule has 0 bridgehead atoms. The molecule has 3 nitrogen and oxygen atoms in total. The number of hydrogen-bond donors (Lipinski definition) is 1. The Morgan fingerprint density at radius 3 is 2.75 bits per heavy atom. The number of hydrogen-bond acceptors (Lipinski definition) is 2. The summed E-state index contributed by atoms with van der Waals surface area (Å²) in [6.07, 6.45) is 1.65. The highest BCUT2D eigenvalue weighted by Crippen LogP contribution is 2.19. The van der Waals surface area contributed by atoms with Gasteiger partial charge in [-0.3, -0.25) is 9.78 Å². The van der Waals surface area contributed by atoms with Crippen molar-refractivity contribution in [2.45, 2.75) is 0 Å². The van der Waals surface area contributed by atoms with Gasteiger partial charge in [0.25, 0.3) is 5.91 Å². The van der Waals surface area contributed by atoms with E-state index in [9.17, 15) is 4.79 Å². The van der Waals surface area contributed by atoms with Crippen molar-refractivity contribution in [3.05, 3.63) is 71.0 Å². The fraction of sp³-hybridized carbons (Fsp3) is 0. The Morgan fingerprint density at radius 1 is 1.05 bits per heavy atom. The van der Waals surface area contributed by atoms with Crippen LogP contribution in [0.3, 0.4) is 0 Å². The summed E-state index contributed by atoms with van der Waals surface area (Å²) < 4.78 is 0.918. The molecule has 0 atom stereocenters. The Labute approximate surface area is 124 Å². The minimum Gasteiger partial charge on any atom is -0.321 e. The topological polar surface area (TPSA) is 42.0 Å². The van der Waals surface area contributed by atoms with Crippen LogP contribution in [0.2, 0.25) is 0 Å². The van der Waals surface area contributed by atoms with Gasteiger partial charge in [-0.2, -0.15) is 0 Å². The van der Waals surface area contributed by atoms with Crippen molar-refractivity contribution in [2.75, 3.05) is 5.32 Å². The van der Waals surface area contributed by atoms with Crippen LogP contribution in [-0.4, -0.2) is 10.9 Å². The van der Waals surface area contributed by atoms with Crippen molar-refractivity contribution in [1.82, 2.24) is 4.98 Å². The van der Waals surface area contributed by atoms with Crippen LogP contribution in [0, 0.1) is 0 Å². The Morgan fingerprint density at radius 2 is 1.90 bits per heavy atom. The number of anilines is 1. The molecule has 4 heteroatoms.